The third kappa shape index (κ3) is 3.21. The molecule has 80 valence electrons. The summed E-state index contributed by atoms with van der Waals surface area (Å²) in [5, 5.41) is 5.90. The maximum absolute atomic E-state index is 10.9. The second-order valence-electron chi connectivity index (χ2n) is 3.15. The number of rotatable bonds is 2. The summed E-state index contributed by atoms with van der Waals surface area (Å²) in [6.07, 6.45) is 1.37. The molecule has 1 rings (SSSR count). The lowest BCUT2D eigenvalue weighted by atomic mass is 10.1. The van der Waals surface area contributed by atoms with Crippen molar-refractivity contribution in [1.82, 2.24) is 16.1 Å². The monoisotopic (exact) mass is 199 g/mol. The van der Waals surface area contributed by atoms with Gasteiger partial charge in [-0.3, -0.25) is 15.2 Å². The summed E-state index contributed by atoms with van der Waals surface area (Å²) in [5.41, 5.74) is 2.49. The SMILES string of the molecule is CCN=C(NN)NC1CCC(=O)NC1. The average Bonchev–Trinajstić information content (AvgIpc) is 2.20. The molecule has 0 bridgehead atoms. The fraction of sp³-hybridized carbons (Fsp3) is 0.750. The van der Waals surface area contributed by atoms with Crippen molar-refractivity contribution >= 4 is 11.9 Å². The summed E-state index contributed by atoms with van der Waals surface area (Å²) < 4.78 is 0. The van der Waals surface area contributed by atoms with Crippen LogP contribution in [0, 0.1) is 0 Å². The Labute approximate surface area is 83.3 Å². The highest BCUT2D eigenvalue weighted by Gasteiger charge is 2.18. The Kier molecular flexibility index (Phi) is 4.18. The molecule has 6 nitrogen and oxygen atoms in total. The Bertz CT molecular complexity index is 218. The molecule has 0 aliphatic carbocycles. The fourth-order valence-corrected chi connectivity index (χ4v) is 1.34. The number of nitrogens with zero attached hydrogens (tertiary/aromatic N) is 1. The van der Waals surface area contributed by atoms with Crippen LogP contribution in [0.25, 0.3) is 0 Å². The van der Waals surface area contributed by atoms with Crippen LogP contribution in [-0.2, 0) is 4.79 Å². The van der Waals surface area contributed by atoms with E-state index in [9.17, 15) is 4.79 Å². The number of nitrogens with one attached hydrogen (secondary N) is 3. The van der Waals surface area contributed by atoms with Gasteiger partial charge in [-0.25, -0.2) is 5.84 Å². The Morgan fingerprint density at radius 3 is 3.07 bits per heavy atom. The molecule has 6 heteroatoms. The van der Waals surface area contributed by atoms with Crippen molar-refractivity contribution in [1.29, 1.82) is 0 Å². The first kappa shape index (κ1) is 10.8. The number of guanidine groups is 1. The van der Waals surface area contributed by atoms with Crippen molar-refractivity contribution in [2.75, 3.05) is 13.1 Å². The molecule has 1 aliphatic heterocycles. The Balaban J connectivity index is 2.36. The average molecular weight is 199 g/mol. The molecule has 1 heterocycles. The van der Waals surface area contributed by atoms with Crippen LogP contribution in [0.15, 0.2) is 4.99 Å². The van der Waals surface area contributed by atoms with Crippen LogP contribution in [0.5, 0.6) is 0 Å². The predicted octanol–water partition coefficient (Wildman–Crippen LogP) is -1.31. The van der Waals surface area contributed by atoms with Gasteiger partial charge in [-0.05, 0) is 13.3 Å². The van der Waals surface area contributed by atoms with Gasteiger partial charge in [-0.2, -0.15) is 0 Å². The molecule has 1 fully saturated rings. The molecule has 1 saturated heterocycles. The zero-order valence-electron chi connectivity index (χ0n) is 8.34. The van der Waals surface area contributed by atoms with E-state index in [1.807, 2.05) is 6.92 Å². The molecule has 0 aromatic heterocycles. The normalized spacial score (nSPS) is 22.9. The highest BCUT2D eigenvalue weighted by molar-refractivity contribution is 5.80. The molecule has 1 atom stereocenters. The lowest BCUT2D eigenvalue weighted by Gasteiger charge is -2.24. The molecule has 0 aromatic rings. The summed E-state index contributed by atoms with van der Waals surface area (Å²) in [5.74, 6) is 5.96. The van der Waals surface area contributed by atoms with Gasteiger partial charge < -0.3 is 10.6 Å². The Morgan fingerprint density at radius 1 is 1.79 bits per heavy atom. The first-order valence-corrected chi connectivity index (χ1v) is 4.80. The van der Waals surface area contributed by atoms with Gasteiger partial charge in [0.25, 0.3) is 0 Å². The lowest BCUT2D eigenvalue weighted by Crippen LogP contribution is -2.52. The molecular weight excluding hydrogens is 182 g/mol. The molecule has 5 N–H and O–H groups in total. The highest BCUT2D eigenvalue weighted by Crippen LogP contribution is 2.01. The second kappa shape index (κ2) is 5.43. The van der Waals surface area contributed by atoms with Gasteiger partial charge in [0.15, 0.2) is 0 Å². The number of carbonyl (C=O) groups excluding carboxylic acids is 1. The summed E-state index contributed by atoms with van der Waals surface area (Å²) in [4.78, 5) is 15.0. The third-order valence-electron chi connectivity index (χ3n) is 2.06. The van der Waals surface area contributed by atoms with Crippen molar-refractivity contribution in [2.24, 2.45) is 10.8 Å². The van der Waals surface area contributed by atoms with Crippen LogP contribution < -0.4 is 21.9 Å². The zero-order chi connectivity index (χ0) is 10.4. The lowest BCUT2D eigenvalue weighted by molar-refractivity contribution is -0.122. The van der Waals surface area contributed by atoms with Gasteiger partial charge in [0, 0.05) is 25.6 Å². The van der Waals surface area contributed by atoms with E-state index in [2.05, 4.69) is 21.1 Å². The van der Waals surface area contributed by atoms with Crippen LogP contribution >= 0.6 is 0 Å². The van der Waals surface area contributed by atoms with Crippen LogP contribution in [-0.4, -0.2) is 31.0 Å². The van der Waals surface area contributed by atoms with E-state index < -0.39 is 0 Å². The molecule has 0 aromatic carbocycles. The molecule has 0 spiro atoms. The van der Waals surface area contributed by atoms with Crippen molar-refractivity contribution in [3.05, 3.63) is 0 Å². The Morgan fingerprint density at radius 2 is 2.57 bits per heavy atom. The van der Waals surface area contributed by atoms with Crippen LogP contribution in [0.3, 0.4) is 0 Å². The maximum Gasteiger partial charge on any atom is 0.220 e. The first-order valence-electron chi connectivity index (χ1n) is 4.80. The number of hydrazine groups is 1. The van der Waals surface area contributed by atoms with Gasteiger partial charge in [0.1, 0.15) is 0 Å². The predicted molar refractivity (Wildman–Crippen MR) is 54.5 cm³/mol. The minimum atomic E-state index is 0.109. The molecule has 0 saturated carbocycles. The second-order valence-corrected chi connectivity index (χ2v) is 3.15. The van der Waals surface area contributed by atoms with Crippen molar-refractivity contribution < 1.29 is 4.79 Å². The van der Waals surface area contributed by atoms with Gasteiger partial charge in [-0.1, -0.05) is 0 Å². The number of hydrogen-bond donors (Lipinski definition) is 4. The van der Waals surface area contributed by atoms with E-state index in [1.54, 1.807) is 0 Å². The summed E-state index contributed by atoms with van der Waals surface area (Å²) >= 11 is 0. The van der Waals surface area contributed by atoms with E-state index in [4.69, 9.17) is 5.84 Å². The van der Waals surface area contributed by atoms with Crippen LogP contribution in [0.2, 0.25) is 0 Å². The number of amides is 1. The molecule has 14 heavy (non-hydrogen) atoms. The molecular formula is C8H17N5O. The molecule has 1 aliphatic rings. The van der Waals surface area contributed by atoms with Crippen LogP contribution in [0.4, 0.5) is 0 Å². The highest BCUT2D eigenvalue weighted by atomic mass is 16.1. The van der Waals surface area contributed by atoms with E-state index >= 15 is 0 Å². The minimum Gasteiger partial charge on any atom is -0.354 e. The Hall–Kier alpha value is -1.30. The van der Waals surface area contributed by atoms with E-state index in [0.717, 1.165) is 6.42 Å². The van der Waals surface area contributed by atoms with Crippen molar-refractivity contribution in [3.63, 3.8) is 0 Å². The number of carbonyl (C=O) groups is 1. The zero-order valence-corrected chi connectivity index (χ0v) is 8.34. The summed E-state index contributed by atoms with van der Waals surface area (Å²) in [7, 11) is 0. The summed E-state index contributed by atoms with van der Waals surface area (Å²) in [6, 6.07) is 0.217. The minimum absolute atomic E-state index is 0.109. The molecule has 0 radical (unpaired) electrons. The quantitative estimate of drug-likeness (QED) is 0.192. The van der Waals surface area contributed by atoms with E-state index in [-0.39, 0.29) is 11.9 Å². The fourth-order valence-electron chi connectivity index (χ4n) is 1.34. The van der Waals surface area contributed by atoms with Crippen molar-refractivity contribution in [2.45, 2.75) is 25.8 Å². The molecule has 1 unspecified atom stereocenters. The van der Waals surface area contributed by atoms with Gasteiger partial charge >= 0.3 is 0 Å². The van der Waals surface area contributed by atoms with Crippen molar-refractivity contribution in [3.8, 4) is 0 Å². The number of piperidine rings is 1. The topological polar surface area (TPSA) is 91.5 Å². The number of hydrogen-bond acceptors (Lipinski definition) is 3. The maximum atomic E-state index is 10.9. The van der Waals surface area contributed by atoms with E-state index in [1.165, 1.54) is 0 Å². The first-order chi connectivity index (χ1) is 6.76. The number of aliphatic imine (C=N–C) groups is 1. The van der Waals surface area contributed by atoms with Gasteiger partial charge in [-0.15, -0.1) is 0 Å². The van der Waals surface area contributed by atoms with Gasteiger partial charge in [0.2, 0.25) is 11.9 Å². The molecule has 1 amide bonds. The standard InChI is InChI=1S/C8H17N5O/c1-2-10-8(13-9)12-6-3-4-7(14)11-5-6/h6H,2-5,9H2,1H3,(H,11,14)(H2,10,12,13). The van der Waals surface area contributed by atoms with Gasteiger partial charge in [0.05, 0.1) is 0 Å². The smallest absolute Gasteiger partial charge is 0.220 e. The third-order valence-corrected chi connectivity index (χ3v) is 2.06. The van der Waals surface area contributed by atoms with Crippen LogP contribution in [0.1, 0.15) is 19.8 Å². The summed E-state index contributed by atoms with van der Waals surface area (Å²) in [6.45, 7) is 3.23. The largest absolute Gasteiger partial charge is 0.354 e. The van der Waals surface area contributed by atoms with E-state index in [0.29, 0.717) is 25.5 Å². The number of nitrogens with two attached hydrogens (primary N) is 1.